The number of benzene rings is 2. The fraction of sp³-hybridized carbons (Fsp3) is 0.364. The molecule has 0 saturated carbocycles. The summed E-state index contributed by atoms with van der Waals surface area (Å²) in [5.41, 5.74) is -1.35. The van der Waals surface area contributed by atoms with Crippen LogP contribution in [0.2, 0.25) is 0 Å². The van der Waals surface area contributed by atoms with E-state index in [9.17, 15) is 28.5 Å². The summed E-state index contributed by atoms with van der Waals surface area (Å²) in [6.45, 7) is 1.76. The first-order valence-corrected chi connectivity index (χ1v) is 11.1. The van der Waals surface area contributed by atoms with Gasteiger partial charge in [-0.15, -0.1) is 0 Å². The van der Waals surface area contributed by atoms with E-state index in [-0.39, 0.29) is 11.3 Å². The number of aliphatic hydroxyl groups is 3. The molecule has 8 nitrogen and oxygen atoms in total. The van der Waals surface area contributed by atoms with Crippen molar-refractivity contribution in [3.63, 3.8) is 0 Å². The van der Waals surface area contributed by atoms with Crippen LogP contribution in [0.5, 0.6) is 5.75 Å². The highest BCUT2D eigenvalue weighted by Gasteiger charge is 2.44. The lowest BCUT2D eigenvalue weighted by atomic mass is 9.98. The molecule has 184 valence electrons. The van der Waals surface area contributed by atoms with Crippen LogP contribution in [0.15, 0.2) is 51.4 Å². The van der Waals surface area contributed by atoms with Gasteiger partial charge in [0.2, 0.25) is 0 Å². The van der Waals surface area contributed by atoms with Crippen LogP contribution in [-0.2, 0) is 4.74 Å². The van der Waals surface area contributed by atoms with E-state index in [0.717, 1.165) is 18.0 Å². The average Bonchev–Trinajstić information content (AvgIpc) is 2.82. The summed E-state index contributed by atoms with van der Waals surface area (Å²) < 4.78 is 51.6. The van der Waals surface area contributed by atoms with E-state index in [4.69, 9.17) is 15.3 Å². The SMILES string of the molecule is CCOc1cccc(S[C@H]2OC(CO)[C@H](O)C(N=CC(=NN)c3cc(F)c(F)c(F)c3)C2O)c1. The summed E-state index contributed by atoms with van der Waals surface area (Å²) in [5, 5.41) is 34.5. The highest BCUT2D eigenvalue weighted by Crippen LogP contribution is 2.35. The van der Waals surface area contributed by atoms with Gasteiger partial charge in [-0.2, -0.15) is 5.10 Å². The first kappa shape index (κ1) is 26.0. The smallest absolute Gasteiger partial charge is 0.194 e. The summed E-state index contributed by atoms with van der Waals surface area (Å²) in [6, 6.07) is 7.23. The molecule has 5 N–H and O–H groups in total. The van der Waals surface area contributed by atoms with E-state index in [0.29, 0.717) is 29.4 Å². The Hall–Kier alpha value is -2.64. The Labute approximate surface area is 197 Å². The van der Waals surface area contributed by atoms with Crippen LogP contribution < -0.4 is 10.6 Å². The van der Waals surface area contributed by atoms with Crippen LogP contribution in [0.4, 0.5) is 13.2 Å². The van der Waals surface area contributed by atoms with Gasteiger partial charge in [-0.1, -0.05) is 17.8 Å². The first-order chi connectivity index (χ1) is 16.3. The molecule has 0 amide bonds. The van der Waals surface area contributed by atoms with Gasteiger partial charge in [0.25, 0.3) is 0 Å². The van der Waals surface area contributed by atoms with E-state index < -0.39 is 53.8 Å². The number of nitrogens with two attached hydrogens (primary N) is 1. The molecule has 1 saturated heterocycles. The third-order valence-corrected chi connectivity index (χ3v) is 6.15. The molecule has 1 fully saturated rings. The largest absolute Gasteiger partial charge is 0.494 e. The van der Waals surface area contributed by atoms with Crippen molar-refractivity contribution < 1.29 is 38.0 Å². The molecule has 0 aliphatic carbocycles. The number of hydrogen-bond acceptors (Lipinski definition) is 9. The van der Waals surface area contributed by atoms with Crippen molar-refractivity contribution in [3.8, 4) is 5.75 Å². The van der Waals surface area contributed by atoms with Gasteiger partial charge in [-0.25, -0.2) is 13.2 Å². The predicted molar refractivity (Wildman–Crippen MR) is 121 cm³/mol. The molecule has 0 radical (unpaired) electrons. The standard InChI is InChI=1S/C22H24F3N3O5S/c1-2-32-12-4-3-5-13(8-12)34-22-21(31)19(20(30)17(10-29)33-22)27-9-16(28-26)11-6-14(23)18(25)15(24)7-11/h3-9,17,19-22,29-31H,2,10,26H2,1H3/t17?,19?,20-,21?,22+/m0/s1. The molecule has 5 atom stereocenters. The summed E-state index contributed by atoms with van der Waals surface area (Å²) in [7, 11) is 0. The molecule has 3 unspecified atom stereocenters. The zero-order valence-corrected chi connectivity index (χ0v) is 18.8. The molecule has 1 aliphatic rings. The van der Waals surface area contributed by atoms with Gasteiger partial charge in [0.15, 0.2) is 17.5 Å². The Morgan fingerprint density at radius 3 is 2.50 bits per heavy atom. The second-order valence-electron chi connectivity index (χ2n) is 7.27. The quantitative estimate of drug-likeness (QED) is 0.189. The summed E-state index contributed by atoms with van der Waals surface area (Å²) in [4.78, 5) is 4.81. The molecular weight excluding hydrogens is 475 g/mol. The molecule has 0 bridgehead atoms. The summed E-state index contributed by atoms with van der Waals surface area (Å²) in [6.07, 6.45) is -2.84. The lowest BCUT2D eigenvalue weighted by Gasteiger charge is -2.40. The van der Waals surface area contributed by atoms with Gasteiger partial charge in [-0.3, -0.25) is 4.99 Å². The third-order valence-electron chi connectivity index (χ3n) is 5.00. The molecule has 1 heterocycles. The highest BCUT2D eigenvalue weighted by molar-refractivity contribution is 7.99. The predicted octanol–water partition coefficient (Wildman–Crippen LogP) is 1.84. The number of rotatable bonds is 8. The minimum absolute atomic E-state index is 0.198. The van der Waals surface area contributed by atoms with Crippen LogP contribution in [0.3, 0.4) is 0 Å². The number of hydrazone groups is 1. The lowest BCUT2D eigenvalue weighted by molar-refractivity contribution is -0.159. The molecule has 0 spiro atoms. The van der Waals surface area contributed by atoms with Crippen molar-refractivity contribution in [2.75, 3.05) is 13.2 Å². The van der Waals surface area contributed by atoms with Crippen molar-refractivity contribution in [1.82, 2.24) is 0 Å². The Bertz CT molecular complexity index is 1040. The fourth-order valence-corrected chi connectivity index (χ4v) is 4.43. The second kappa shape index (κ2) is 11.7. The fourth-order valence-electron chi connectivity index (χ4n) is 3.32. The van der Waals surface area contributed by atoms with Crippen LogP contribution in [0.1, 0.15) is 12.5 Å². The van der Waals surface area contributed by atoms with E-state index >= 15 is 0 Å². The van der Waals surface area contributed by atoms with Crippen molar-refractivity contribution in [1.29, 1.82) is 0 Å². The van der Waals surface area contributed by atoms with Crippen molar-refractivity contribution in [2.45, 2.75) is 41.6 Å². The average molecular weight is 500 g/mol. The first-order valence-electron chi connectivity index (χ1n) is 10.3. The maximum atomic E-state index is 13.6. The minimum Gasteiger partial charge on any atom is -0.494 e. The number of thioether (sulfide) groups is 1. The second-order valence-corrected chi connectivity index (χ2v) is 8.44. The Morgan fingerprint density at radius 1 is 1.18 bits per heavy atom. The van der Waals surface area contributed by atoms with E-state index in [1.54, 1.807) is 24.3 Å². The van der Waals surface area contributed by atoms with Gasteiger partial charge < -0.3 is 30.6 Å². The molecule has 0 aromatic heterocycles. The summed E-state index contributed by atoms with van der Waals surface area (Å²) >= 11 is 1.14. The van der Waals surface area contributed by atoms with Crippen LogP contribution >= 0.6 is 11.8 Å². The van der Waals surface area contributed by atoms with Crippen LogP contribution in [0.25, 0.3) is 0 Å². The highest BCUT2D eigenvalue weighted by atomic mass is 32.2. The van der Waals surface area contributed by atoms with E-state index in [1.807, 2.05) is 6.92 Å². The van der Waals surface area contributed by atoms with E-state index in [2.05, 4.69) is 10.1 Å². The monoisotopic (exact) mass is 499 g/mol. The molecule has 12 heteroatoms. The van der Waals surface area contributed by atoms with Crippen LogP contribution in [0, 0.1) is 17.5 Å². The third kappa shape index (κ3) is 5.88. The molecule has 34 heavy (non-hydrogen) atoms. The van der Waals surface area contributed by atoms with Gasteiger partial charge in [-0.05, 0) is 37.3 Å². The van der Waals surface area contributed by atoms with Crippen LogP contribution in [-0.4, -0.2) is 70.2 Å². The number of nitrogens with zero attached hydrogens (tertiary/aromatic N) is 2. The number of aliphatic hydroxyl groups excluding tert-OH is 3. The zero-order valence-electron chi connectivity index (χ0n) is 18.0. The van der Waals surface area contributed by atoms with Gasteiger partial charge in [0.05, 0.1) is 13.2 Å². The molecule has 3 rings (SSSR count). The Morgan fingerprint density at radius 2 is 1.88 bits per heavy atom. The van der Waals surface area contributed by atoms with Gasteiger partial charge in [0, 0.05) is 16.7 Å². The maximum absolute atomic E-state index is 13.6. The Kier molecular flexibility index (Phi) is 8.91. The van der Waals surface area contributed by atoms with Gasteiger partial charge in [0.1, 0.15) is 41.3 Å². The molecule has 2 aromatic rings. The molecular formula is C22H24F3N3O5S. The zero-order chi connectivity index (χ0) is 24.8. The normalized spacial score (nSPS) is 25.6. The number of aliphatic imine (C=N–C) groups is 1. The molecule has 1 aliphatic heterocycles. The van der Waals surface area contributed by atoms with Crippen molar-refractivity contribution in [3.05, 3.63) is 59.4 Å². The minimum atomic E-state index is -1.65. The Balaban J connectivity index is 1.84. The number of ether oxygens (including phenoxy) is 2. The topological polar surface area (TPSA) is 130 Å². The lowest BCUT2D eigenvalue weighted by Crippen LogP contribution is -2.56. The maximum Gasteiger partial charge on any atom is 0.194 e. The number of hydrogen-bond donors (Lipinski definition) is 4. The van der Waals surface area contributed by atoms with Gasteiger partial charge >= 0.3 is 0 Å². The van der Waals surface area contributed by atoms with Crippen molar-refractivity contribution >= 4 is 23.7 Å². The number of halogens is 3. The van der Waals surface area contributed by atoms with Crippen molar-refractivity contribution in [2.24, 2.45) is 15.9 Å². The van der Waals surface area contributed by atoms with E-state index in [1.165, 1.54) is 0 Å². The summed E-state index contributed by atoms with van der Waals surface area (Å²) in [5.74, 6) is 1.39. The molecule has 2 aromatic carbocycles.